The standard InChI is InChI=1S/C9H16BrNO2/c1-6(2)8(10)9(13)11-4-3-7(12)5-11/h6-8,12H,3-5H2,1-2H3. The number of carbonyl (C=O) groups excluding carboxylic acids is 1. The Morgan fingerprint density at radius 3 is 2.62 bits per heavy atom. The number of likely N-dealkylation sites (tertiary alicyclic amines) is 1. The fraction of sp³-hybridized carbons (Fsp3) is 0.889. The van der Waals surface area contributed by atoms with Crippen LogP contribution in [0.5, 0.6) is 0 Å². The molecule has 1 fully saturated rings. The van der Waals surface area contributed by atoms with E-state index in [0.29, 0.717) is 25.4 Å². The first-order valence-electron chi connectivity index (χ1n) is 4.63. The topological polar surface area (TPSA) is 40.5 Å². The predicted molar refractivity (Wildman–Crippen MR) is 54.8 cm³/mol. The quantitative estimate of drug-likeness (QED) is 0.743. The summed E-state index contributed by atoms with van der Waals surface area (Å²) in [7, 11) is 0. The number of carbonyl (C=O) groups is 1. The van der Waals surface area contributed by atoms with E-state index in [1.165, 1.54) is 0 Å². The Hall–Kier alpha value is -0.0900. The summed E-state index contributed by atoms with van der Waals surface area (Å²) in [4.78, 5) is 13.3. The first-order valence-corrected chi connectivity index (χ1v) is 5.55. The lowest BCUT2D eigenvalue weighted by molar-refractivity contribution is -0.130. The molecule has 13 heavy (non-hydrogen) atoms. The maximum atomic E-state index is 11.7. The largest absolute Gasteiger partial charge is 0.391 e. The molecule has 1 amide bonds. The van der Waals surface area contributed by atoms with Gasteiger partial charge in [-0.25, -0.2) is 0 Å². The van der Waals surface area contributed by atoms with E-state index in [1.807, 2.05) is 13.8 Å². The fourth-order valence-corrected chi connectivity index (χ4v) is 1.69. The lowest BCUT2D eigenvalue weighted by Gasteiger charge is -2.21. The average Bonchev–Trinajstić information content (AvgIpc) is 2.49. The highest BCUT2D eigenvalue weighted by Gasteiger charge is 2.29. The fourth-order valence-electron chi connectivity index (χ4n) is 1.40. The maximum absolute atomic E-state index is 11.7. The van der Waals surface area contributed by atoms with Gasteiger partial charge in [0.15, 0.2) is 0 Å². The molecule has 1 rings (SSSR count). The first kappa shape index (κ1) is 11.0. The summed E-state index contributed by atoms with van der Waals surface area (Å²) in [5.41, 5.74) is 0. The number of aliphatic hydroxyl groups excluding tert-OH is 1. The summed E-state index contributed by atoms with van der Waals surface area (Å²) in [6.45, 7) is 5.19. The molecule has 0 radical (unpaired) electrons. The molecule has 1 aliphatic rings. The zero-order valence-electron chi connectivity index (χ0n) is 8.03. The van der Waals surface area contributed by atoms with Crippen molar-refractivity contribution >= 4 is 21.8 Å². The van der Waals surface area contributed by atoms with E-state index in [4.69, 9.17) is 0 Å². The van der Waals surface area contributed by atoms with Crippen molar-refractivity contribution in [1.29, 1.82) is 0 Å². The molecule has 4 heteroatoms. The summed E-state index contributed by atoms with van der Waals surface area (Å²) in [6.07, 6.45) is 0.389. The van der Waals surface area contributed by atoms with Crippen molar-refractivity contribution in [3.63, 3.8) is 0 Å². The van der Waals surface area contributed by atoms with Crippen molar-refractivity contribution in [3.05, 3.63) is 0 Å². The second kappa shape index (κ2) is 4.42. The first-order chi connectivity index (χ1) is 6.02. The number of hydrogen-bond acceptors (Lipinski definition) is 2. The van der Waals surface area contributed by atoms with Crippen molar-refractivity contribution < 1.29 is 9.90 Å². The van der Waals surface area contributed by atoms with E-state index in [9.17, 15) is 9.90 Å². The molecule has 3 nitrogen and oxygen atoms in total. The lowest BCUT2D eigenvalue weighted by atomic mass is 10.1. The molecule has 1 aliphatic heterocycles. The molecular formula is C9H16BrNO2. The van der Waals surface area contributed by atoms with Crippen LogP contribution in [0.2, 0.25) is 0 Å². The van der Waals surface area contributed by atoms with Gasteiger partial charge in [-0.1, -0.05) is 29.8 Å². The van der Waals surface area contributed by atoms with Crippen molar-refractivity contribution in [2.24, 2.45) is 5.92 Å². The van der Waals surface area contributed by atoms with Crippen LogP contribution in [0.15, 0.2) is 0 Å². The number of nitrogens with zero attached hydrogens (tertiary/aromatic N) is 1. The van der Waals surface area contributed by atoms with Gasteiger partial charge in [-0.2, -0.15) is 0 Å². The molecule has 2 atom stereocenters. The van der Waals surface area contributed by atoms with Crippen LogP contribution in [0.1, 0.15) is 20.3 Å². The van der Waals surface area contributed by atoms with Crippen LogP contribution in [0.3, 0.4) is 0 Å². The molecule has 0 aromatic carbocycles. The Morgan fingerprint density at radius 2 is 2.23 bits per heavy atom. The minimum absolute atomic E-state index is 0.103. The summed E-state index contributed by atoms with van der Waals surface area (Å²) in [6, 6.07) is 0. The van der Waals surface area contributed by atoms with Crippen molar-refractivity contribution in [3.8, 4) is 0 Å². The Kier molecular flexibility index (Phi) is 3.74. The molecular weight excluding hydrogens is 234 g/mol. The predicted octanol–water partition coefficient (Wildman–Crippen LogP) is 0.999. The molecule has 0 aromatic rings. The highest BCUT2D eigenvalue weighted by molar-refractivity contribution is 9.10. The van der Waals surface area contributed by atoms with E-state index in [1.54, 1.807) is 4.90 Å². The van der Waals surface area contributed by atoms with E-state index < -0.39 is 0 Å². The van der Waals surface area contributed by atoms with Crippen LogP contribution in [0.4, 0.5) is 0 Å². The average molecular weight is 250 g/mol. The second-order valence-corrected chi connectivity index (χ2v) is 4.86. The highest BCUT2D eigenvalue weighted by atomic mass is 79.9. The number of β-amino-alcohol motifs (C(OH)–C–C–N with tert-alkyl or cyclic N) is 1. The van der Waals surface area contributed by atoms with Gasteiger partial charge < -0.3 is 10.0 Å². The van der Waals surface area contributed by atoms with Gasteiger partial charge in [0.25, 0.3) is 0 Å². The zero-order chi connectivity index (χ0) is 10.0. The number of amides is 1. The highest BCUT2D eigenvalue weighted by Crippen LogP contribution is 2.18. The van der Waals surface area contributed by atoms with Gasteiger partial charge in [-0.3, -0.25) is 4.79 Å². The van der Waals surface area contributed by atoms with E-state index in [-0.39, 0.29) is 16.8 Å². The normalized spacial score (nSPS) is 25.3. The van der Waals surface area contributed by atoms with Crippen molar-refractivity contribution in [2.45, 2.75) is 31.2 Å². The molecule has 76 valence electrons. The zero-order valence-corrected chi connectivity index (χ0v) is 9.62. The summed E-state index contributed by atoms with van der Waals surface area (Å²) < 4.78 is 0. The van der Waals surface area contributed by atoms with Crippen LogP contribution in [-0.4, -0.2) is 39.9 Å². The maximum Gasteiger partial charge on any atom is 0.236 e. The molecule has 1 N–H and O–H groups in total. The van der Waals surface area contributed by atoms with Crippen LogP contribution >= 0.6 is 15.9 Å². The number of halogens is 1. The van der Waals surface area contributed by atoms with Crippen LogP contribution in [-0.2, 0) is 4.79 Å². The third kappa shape index (κ3) is 2.68. The monoisotopic (exact) mass is 249 g/mol. The molecule has 1 heterocycles. The summed E-state index contributed by atoms with van der Waals surface area (Å²) in [5, 5.41) is 9.26. The SMILES string of the molecule is CC(C)C(Br)C(=O)N1CCC(O)C1. The van der Waals surface area contributed by atoms with Gasteiger partial charge in [0, 0.05) is 13.1 Å². The third-order valence-electron chi connectivity index (χ3n) is 2.30. The van der Waals surface area contributed by atoms with Gasteiger partial charge in [-0.05, 0) is 12.3 Å². The van der Waals surface area contributed by atoms with Gasteiger partial charge in [0.2, 0.25) is 5.91 Å². The Balaban J connectivity index is 2.48. The molecule has 0 saturated carbocycles. The van der Waals surface area contributed by atoms with Gasteiger partial charge in [0.1, 0.15) is 0 Å². The van der Waals surface area contributed by atoms with Crippen LogP contribution in [0.25, 0.3) is 0 Å². The second-order valence-electron chi connectivity index (χ2n) is 3.87. The number of rotatable bonds is 2. The Bertz CT molecular complexity index is 196. The molecule has 0 spiro atoms. The molecule has 1 saturated heterocycles. The van der Waals surface area contributed by atoms with Gasteiger partial charge >= 0.3 is 0 Å². The minimum atomic E-state index is -0.323. The van der Waals surface area contributed by atoms with Gasteiger partial charge in [-0.15, -0.1) is 0 Å². The molecule has 2 unspecified atom stereocenters. The third-order valence-corrected chi connectivity index (χ3v) is 3.75. The lowest BCUT2D eigenvalue weighted by Crippen LogP contribution is -2.37. The Labute approximate surface area is 87.2 Å². The minimum Gasteiger partial charge on any atom is -0.391 e. The molecule has 0 aliphatic carbocycles. The number of alkyl halides is 1. The molecule has 0 bridgehead atoms. The smallest absolute Gasteiger partial charge is 0.236 e. The van der Waals surface area contributed by atoms with Gasteiger partial charge in [0.05, 0.1) is 10.9 Å². The summed E-state index contributed by atoms with van der Waals surface area (Å²) in [5.74, 6) is 0.400. The van der Waals surface area contributed by atoms with E-state index in [0.717, 1.165) is 0 Å². The summed E-state index contributed by atoms with van der Waals surface area (Å²) >= 11 is 3.36. The van der Waals surface area contributed by atoms with E-state index in [2.05, 4.69) is 15.9 Å². The number of hydrogen-bond donors (Lipinski definition) is 1. The number of aliphatic hydroxyl groups is 1. The molecule has 0 aromatic heterocycles. The van der Waals surface area contributed by atoms with Crippen molar-refractivity contribution in [1.82, 2.24) is 4.90 Å². The van der Waals surface area contributed by atoms with Crippen molar-refractivity contribution in [2.75, 3.05) is 13.1 Å². The van der Waals surface area contributed by atoms with E-state index >= 15 is 0 Å². The Morgan fingerprint density at radius 1 is 1.62 bits per heavy atom. The van der Waals surface area contributed by atoms with Crippen LogP contribution < -0.4 is 0 Å². The van der Waals surface area contributed by atoms with Crippen LogP contribution in [0, 0.1) is 5.92 Å².